The molecule has 0 aliphatic rings. The maximum Gasteiger partial charge on any atom is 0.408 e. The van der Waals surface area contributed by atoms with Crippen LogP contribution in [-0.4, -0.2) is 30.2 Å². The molecule has 0 saturated carbocycles. The molecule has 0 aliphatic carbocycles. The number of nitrogens with one attached hydrogen (secondary N) is 2. The van der Waals surface area contributed by atoms with Crippen molar-refractivity contribution in [3.05, 3.63) is 118 Å². The summed E-state index contributed by atoms with van der Waals surface area (Å²) >= 11 is 0. The summed E-state index contributed by atoms with van der Waals surface area (Å²) in [4.78, 5) is 42.5. The van der Waals surface area contributed by atoms with E-state index in [2.05, 4.69) is 10.3 Å². The summed E-state index contributed by atoms with van der Waals surface area (Å²) in [6.07, 6.45) is 1.20. The molecule has 216 valence electrons. The highest BCUT2D eigenvalue weighted by Gasteiger charge is 2.26. The number of rotatable bonds is 8. The number of methoxy groups -OCH3 is 1. The van der Waals surface area contributed by atoms with Crippen LogP contribution in [0.15, 0.2) is 100 Å². The Morgan fingerprint density at radius 1 is 0.907 bits per heavy atom. The molecular formula is C34H28N2O7. The number of aryl methyl sites for hydroxylation is 1. The summed E-state index contributed by atoms with van der Waals surface area (Å²) in [5.41, 5.74) is 2.78. The van der Waals surface area contributed by atoms with Crippen molar-refractivity contribution in [2.24, 2.45) is 0 Å². The van der Waals surface area contributed by atoms with Crippen molar-refractivity contribution >= 4 is 44.7 Å². The third-order valence-corrected chi connectivity index (χ3v) is 7.39. The number of hydrogen-bond donors (Lipinski definition) is 2. The van der Waals surface area contributed by atoms with Gasteiger partial charge in [-0.15, -0.1) is 0 Å². The minimum Gasteiger partial charge on any atom is -0.497 e. The SMILES string of the molecule is COc1ccc2c(c1)c(=O)oc1c(C)c(OC(=O)[C@@H](Cc3c[nH]c4ccccc34)NC(=O)OCc3ccccc3)ccc12. The number of carbonyl (C=O) groups excluding carboxylic acids is 2. The van der Waals surface area contributed by atoms with Gasteiger partial charge >= 0.3 is 17.7 Å². The Kier molecular flexibility index (Phi) is 7.53. The zero-order valence-electron chi connectivity index (χ0n) is 23.5. The normalized spacial score (nSPS) is 11.9. The van der Waals surface area contributed by atoms with Crippen LogP contribution in [0.3, 0.4) is 0 Å². The van der Waals surface area contributed by atoms with E-state index in [9.17, 15) is 14.4 Å². The maximum absolute atomic E-state index is 13.6. The first kappa shape index (κ1) is 27.6. The molecular weight excluding hydrogens is 548 g/mol. The number of H-pyrrole nitrogens is 1. The largest absolute Gasteiger partial charge is 0.497 e. The van der Waals surface area contributed by atoms with Crippen LogP contribution in [0.5, 0.6) is 11.5 Å². The average molecular weight is 577 g/mol. The number of aromatic nitrogens is 1. The number of esters is 1. The van der Waals surface area contributed by atoms with Gasteiger partial charge in [0.1, 0.15) is 29.7 Å². The number of para-hydroxylation sites is 1. The van der Waals surface area contributed by atoms with E-state index in [0.29, 0.717) is 33.1 Å². The second kappa shape index (κ2) is 11.7. The number of hydrogen-bond acceptors (Lipinski definition) is 7. The molecule has 0 spiro atoms. The van der Waals surface area contributed by atoms with Crippen molar-refractivity contribution in [1.29, 1.82) is 0 Å². The molecule has 2 aromatic heterocycles. The minimum absolute atomic E-state index is 0.0458. The molecule has 9 nitrogen and oxygen atoms in total. The quantitative estimate of drug-likeness (QED) is 0.0960. The lowest BCUT2D eigenvalue weighted by molar-refractivity contribution is -0.136. The van der Waals surface area contributed by atoms with Gasteiger partial charge in [0.15, 0.2) is 0 Å². The number of amides is 1. The summed E-state index contributed by atoms with van der Waals surface area (Å²) in [5.74, 6) is 0.0478. The zero-order chi connectivity index (χ0) is 29.9. The Bertz CT molecular complexity index is 2030. The maximum atomic E-state index is 13.6. The molecule has 0 fully saturated rings. The smallest absolute Gasteiger partial charge is 0.408 e. The molecule has 6 aromatic rings. The standard InChI is InChI=1S/C34H28N2O7/c1-20-30(15-14-26-25-13-12-23(40-2)17-27(25)32(37)43-31(20)26)42-33(38)29(16-22-18-35-28-11-7-6-10-24(22)28)36-34(39)41-19-21-8-4-3-5-9-21/h3-15,17-18,29,35H,16,19H2,1-2H3,(H,36,39)/t29-/m1/s1. The lowest BCUT2D eigenvalue weighted by Crippen LogP contribution is -2.44. The van der Waals surface area contributed by atoms with E-state index in [1.165, 1.54) is 7.11 Å². The topological polar surface area (TPSA) is 120 Å². The van der Waals surface area contributed by atoms with Gasteiger partial charge < -0.3 is 28.9 Å². The summed E-state index contributed by atoms with van der Waals surface area (Å²) in [5, 5.41) is 5.36. The van der Waals surface area contributed by atoms with Gasteiger partial charge in [-0.1, -0.05) is 48.5 Å². The minimum atomic E-state index is -1.08. The molecule has 4 aromatic carbocycles. The van der Waals surface area contributed by atoms with E-state index < -0.39 is 23.7 Å². The number of ether oxygens (including phenoxy) is 3. The Labute approximate surface area is 246 Å². The van der Waals surface area contributed by atoms with Crippen LogP contribution in [0.2, 0.25) is 0 Å². The Morgan fingerprint density at radius 3 is 2.49 bits per heavy atom. The van der Waals surface area contributed by atoms with E-state index in [4.69, 9.17) is 18.6 Å². The molecule has 9 heteroatoms. The highest BCUT2D eigenvalue weighted by Crippen LogP contribution is 2.32. The molecule has 1 atom stereocenters. The predicted octanol–water partition coefficient (Wildman–Crippen LogP) is 6.19. The van der Waals surface area contributed by atoms with E-state index in [1.54, 1.807) is 43.5 Å². The van der Waals surface area contributed by atoms with Gasteiger partial charge in [0, 0.05) is 39.9 Å². The predicted molar refractivity (Wildman–Crippen MR) is 162 cm³/mol. The average Bonchev–Trinajstić information content (AvgIpc) is 3.44. The number of benzene rings is 4. The molecule has 43 heavy (non-hydrogen) atoms. The van der Waals surface area contributed by atoms with Crippen molar-refractivity contribution in [2.75, 3.05) is 7.11 Å². The van der Waals surface area contributed by atoms with Gasteiger partial charge in [0.05, 0.1) is 12.5 Å². The number of carbonyl (C=O) groups is 2. The fraction of sp³-hybridized carbons (Fsp3) is 0.147. The van der Waals surface area contributed by atoms with Crippen LogP contribution in [0.1, 0.15) is 16.7 Å². The molecule has 0 saturated heterocycles. The van der Waals surface area contributed by atoms with Crippen molar-refractivity contribution in [3.63, 3.8) is 0 Å². The fourth-order valence-electron chi connectivity index (χ4n) is 5.13. The lowest BCUT2D eigenvalue weighted by Gasteiger charge is -2.18. The highest BCUT2D eigenvalue weighted by atomic mass is 16.6. The molecule has 6 rings (SSSR count). The van der Waals surface area contributed by atoms with Crippen LogP contribution < -0.4 is 20.4 Å². The third kappa shape index (κ3) is 5.65. The van der Waals surface area contributed by atoms with Crippen molar-refractivity contribution in [3.8, 4) is 11.5 Å². The molecule has 2 N–H and O–H groups in total. The van der Waals surface area contributed by atoms with E-state index in [-0.39, 0.29) is 18.8 Å². The summed E-state index contributed by atoms with van der Waals surface area (Å²) in [6.45, 7) is 1.75. The van der Waals surface area contributed by atoms with E-state index in [1.807, 2.05) is 54.6 Å². The van der Waals surface area contributed by atoms with Crippen molar-refractivity contribution in [1.82, 2.24) is 10.3 Å². The molecule has 1 amide bonds. The summed E-state index contributed by atoms with van der Waals surface area (Å²) < 4.78 is 22.1. The number of alkyl carbamates (subject to hydrolysis) is 1. The van der Waals surface area contributed by atoms with Gasteiger partial charge in [-0.05, 0) is 54.4 Å². The molecule has 2 heterocycles. The van der Waals surface area contributed by atoms with Crippen LogP contribution in [0.25, 0.3) is 32.6 Å². The van der Waals surface area contributed by atoms with Crippen LogP contribution in [-0.2, 0) is 22.6 Å². The molecule has 0 radical (unpaired) electrons. The summed E-state index contributed by atoms with van der Waals surface area (Å²) in [7, 11) is 1.53. The number of fused-ring (bicyclic) bond motifs is 4. The molecule has 0 aliphatic heterocycles. The fourth-order valence-corrected chi connectivity index (χ4v) is 5.13. The van der Waals surface area contributed by atoms with Crippen molar-refractivity contribution < 1.29 is 28.2 Å². The van der Waals surface area contributed by atoms with Crippen LogP contribution in [0, 0.1) is 6.92 Å². The van der Waals surface area contributed by atoms with Gasteiger partial charge in [-0.3, -0.25) is 0 Å². The second-order valence-electron chi connectivity index (χ2n) is 10.1. The van der Waals surface area contributed by atoms with Gasteiger partial charge in [-0.25, -0.2) is 14.4 Å². The van der Waals surface area contributed by atoms with Gasteiger partial charge in [0.2, 0.25) is 0 Å². The molecule has 0 unspecified atom stereocenters. The third-order valence-electron chi connectivity index (χ3n) is 7.39. The first-order valence-corrected chi connectivity index (χ1v) is 13.7. The van der Waals surface area contributed by atoms with Crippen molar-refractivity contribution in [2.45, 2.75) is 26.0 Å². The second-order valence-corrected chi connectivity index (χ2v) is 10.1. The highest BCUT2D eigenvalue weighted by molar-refractivity contribution is 6.06. The van der Waals surface area contributed by atoms with Gasteiger partial charge in [-0.2, -0.15) is 0 Å². The Balaban J connectivity index is 1.29. The Hall–Kier alpha value is -5.57. The first-order valence-electron chi connectivity index (χ1n) is 13.7. The number of aromatic amines is 1. The van der Waals surface area contributed by atoms with E-state index in [0.717, 1.165) is 22.0 Å². The van der Waals surface area contributed by atoms with Crippen LogP contribution >= 0.6 is 0 Å². The van der Waals surface area contributed by atoms with Crippen LogP contribution in [0.4, 0.5) is 4.79 Å². The van der Waals surface area contributed by atoms with E-state index >= 15 is 0 Å². The zero-order valence-corrected chi connectivity index (χ0v) is 23.5. The first-order chi connectivity index (χ1) is 20.9. The summed E-state index contributed by atoms with van der Waals surface area (Å²) in [6, 6.07) is 24.4. The Morgan fingerprint density at radius 2 is 1.67 bits per heavy atom. The molecule has 0 bridgehead atoms. The van der Waals surface area contributed by atoms with Gasteiger partial charge in [0.25, 0.3) is 0 Å². The lowest BCUT2D eigenvalue weighted by atomic mass is 10.0. The monoisotopic (exact) mass is 576 g/mol.